The van der Waals surface area contributed by atoms with Crippen LogP contribution in [0, 0.1) is 5.92 Å². The van der Waals surface area contributed by atoms with E-state index in [-0.39, 0.29) is 25.0 Å². The van der Waals surface area contributed by atoms with E-state index >= 15 is 0 Å². The normalized spacial score (nSPS) is 22.9. The average molecular weight is 214 g/mol. The van der Waals surface area contributed by atoms with Crippen LogP contribution in [-0.4, -0.2) is 47.6 Å². The van der Waals surface area contributed by atoms with Gasteiger partial charge in [0.2, 0.25) is 5.91 Å². The Morgan fingerprint density at radius 1 is 1.67 bits per heavy atom. The van der Waals surface area contributed by atoms with Crippen LogP contribution in [-0.2, 0) is 9.59 Å². The molecule has 0 aliphatic carbocycles. The van der Waals surface area contributed by atoms with E-state index < -0.39 is 5.97 Å². The molecule has 86 valence electrons. The van der Waals surface area contributed by atoms with E-state index in [2.05, 4.69) is 19.2 Å². The van der Waals surface area contributed by atoms with Gasteiger partial charge in [0.25, 0.3) is 0 Å². The molecule has 0 spiro atoms. The molecule has 1 fully saturated rings. The van der Waals surface area contributed by atoms with Gasteiger partial charge in [-0.3, -0.25) is 14.5 Å². The topological polar surface area (TPSA) is 69.6 Å². The quantitative estimate of drug-likeness (QED) is 0.686. The van der Waals surface area contributed by atoms with Crippen LogP contribution in [0.5, 0.6) is 0 Å². The molecule has 0 aromatic rings. The van der Waals surface area contributed by atoms with Crippen LogP contribution in [0.3, 0.4) is 0 Å². The van der Waals surface area contributed by atoms with Gasteiger partial charge in [-0.2, -0.15) is 0 Å². The van der Waals surface area contributed by atoms with Crippen molar-refractivity contribution in [1.82, 2.24) is 10.2 Å². The summed E-state index contributed by atoms with van der Waals surface area (Å²) in [4.78, 5) is 23.5. The first-order valence-electron chi connectivity index (χ1n) is 5.21. The summed E-state index contributed by atoms with van der Waals surface area (Å²) in [5.41, 5.74) is 0. The number of carbonyl (C=O) groups excluding carboxylic acids is 1. The number of amides is 1. The van der Waals surface area contributed by atoms with Crippen molar-refractivity contribution in [3.05, 3.63) is 0 Å². The zero-order valence-electron chi connectivity index (χ0n) is 9.19. The zero-order valence-corrected chi connectivity index (χ0v) is 9.19. The summed E-state index contributed by atoms with van der Waals surface area (Å²) < 4.78 is 0. The van der Waals surface area contributed by atoms with Crippen LogP contribution < -0.4 is 5.32 Å². The maximum absolute atomic E-state index is 11.1. The highest BCUT2D eigenvalue weighted by Crippen LogP contribution is 2.13. The number of hydrogen-bond acceptors (Lipinski definition) is 3. The van der Waals surface area contributed by atoms with Crippen molar-refractivity contribution in [3.8, 4) is 0 Å². The van der Waals surface area contributed by atoms with Crippen molar-refractivity contribution < 1.29 is 14.7 Å². The highest BCUT2D eigenvalue weighted by molar-refractivity contribution is 5.80. The van der Waals surface area contributed by atoms with E-state index in [1.54, 1.807) is 4.90 Å². The second kappa shape index (κ2) is 5.11. The van der Waals surface area contributed by atoms with Gasteiger partial charge in [-0.25, -0.2) is 0 Å². The van der Waals surface area contributed by atoms with E-state index in [4.69, 9.17) is 5.11 Å². The SMILES string of the molecule is CC(C)CC1CNC(=O)CN1CC(=O)O. The Balaban J connectivity index is 2.57. The van der Waals surface area contributed by atoms with Crippen LogP contribution in [0.1, 0.15) is 20.3 Å². The zero-order chi connectivity index (χ0) is 11.4. The van der Waals surface area contributed by atoms with E-state index in [0.717, 1.165) is 6.42 Å². The molecule has 1 atom stereocenters. The Morgan fingerprint density at radius 3 is 2.87 bits per heavy atom. The van der Waals surface area contributed by atoms with Crippen LogP contribution in [0.25, 0.3) is 0 Å². The molecule has 15 heavy (non-hydrogen) atoms. The minimum Gasteiger partial charge on any atom is -0.480 e. The summed E-state index contributed by atoms with van der Waals surface area (Å²) >= 11 is 0. The molecule has 5 nitrogen and oxygen atoms in total. The predicted octanol–water partition coefficient (Wildman–Crippen LogP) is -0.0825. The minimum absolute atomic E-state index is 0.0508. The molecule has 1 aliphatic rings. The van der Waals surface area contributed by atoms with Crippen LogP contribution in [0.15, 0.2) is 0 Å². The molecule has 0 aromatic heterocycles. The first-order valence-corrected chi connectivity index (χ1v) is 5.21. The summed E-state index contributed by atoms with van der Waals surface area (Å²) in [5.74, 6) is -0.462. The van der Waals surface area contributed by atoms with E-state index in [9.17, 15) is 9.59 Å². The largest absolute Gasteiger partial charge is 0.480 e. The summed E-state index contributed by atoms with van der Waals surface area (Å²) in [7, 11) is 0. The predicted molar refractivity (Wildman–Crippen MR) is 55.5 cm³/mol. The highest BCUT2D eigenvalue weighted by atomic mass is 16.4. The molecule has 1 saturated heterocycles. The van der Waals surface area contributed by atoms with Gasteiger partial charge in [-0.05, 0) is 12.3 Å². The van der Waals surface area contributed by atoms with Crippen molar-refractivity contribution in [3.63, 3.8) is 0 Å². The first kappa shape index (κ1) is 12.0. The number of nitrogens with zero attached hydrogens (tertiary/aromatic N) is 1. The third kappa shape index (κ3) is 3.87. The summed E-state index contributed by atoms with van der Waals surface area (Å²) in [6.45, 7) is 4.89. The molecular formula is C10H18N2O3. The maximum Gasteiger partial charge on any atom is 0.317 e. The lowest BCUT2D eigenvalue weighted by atomic mass is 10.0. The van der Waals surface area contributed by atoms with Gasteiger partial charge >= 0.3 is 5.97 Å². The molecule has 1 aliphatic heterocycles. The van der Waals surface area contributed by atoms with Gasteiger partial charge in [0.1, 0.15) is 0 Å². The van der Waals surface area contributed by atoms with E-state index in [0.29, 0.717) is 12.5 Å². The lowest BCUT2D eigenvalue weighted by molar-refractivity contribution is -0.140. The number of carbonyl (C=O) groups is 2. The standard InChI is InChI=1S/C10H18N2O3/c1-7(2)3-8-4-11-9(13)5-12(8)6-10(14)15/h7-8H,3-6H2,1-2H3,(H,11,13)(H,14,15). The second-order valence-electron chi connectivity index (χ2n) is 4.39. The molecule has 0 bridgehead atoms. The Morgan fingerprint density at radius 2 is 2.33 bits per heavy atom. The summed E-state index contributed by atoms with van der Waals surface area (Å²) in [6.07, 6.45) is 0.910. The number of hydrogen-bond donors (Lipinski definition) is 2. The third-order valence-corrected chi connectivity index (χ3v) is 2.48. The molecule has 0 radical (unpaired) electrons. The van der Waals surface area contributed by atoms with Crippen LogP contribution >= 0.6 is 0 Å². The Hall–Kier alpha value is -1.10. The van der Waals surface area contributed by atoms with Crippen molar-refractivity contribution in [2.45, 2.75) is 26.3 Å². The maximum atomic E-state index is 11.1. The smallest absolute Gasteiger partial charge is 0.317 e. The minimum atomic E-state index is -0.876. The fraction of sp³-hybridized carbons (Fsp3) is 0.800. The number of aliphatic carboxylic acids is 1. The summed E-state index contributed by atoms with van der Waals surface area (Å²) in [6, 6.07) is 0.152. The summed E-state index contributed by atoms with van der Waals surface area (Å²) in [5, 5.41) is 11.5. The molecular weight excluding hydrogens is 196 g/mol. The number of nitrogens with one attached hydrogen (secondary N) is 1. The van der Waals surface area contributed by atoms with Gasteiger partial charge < -0.3 is 10.4 Å². The number of carboxylic acids is 1. The van der Waals surface area contributed by atoms with Crippen molar-refractivity contribution in [2.24, 2.45) is 5.92 Å². The fourth-order valence-corrected chi connectivity index (χ4v) is 1.87. The number of carboxylic acid groups (broad SMARTS) is 1. The Bertz CT molecular complexity index is 251. The van der Waals surface area contributed by atoms with Gasteiger partial charge in [0, 0.05) is 12.6 Å². The number of rotatable bonds is 4. The van der Waals surface area contributed by atoms with Gasteiger partial charge in [-0.1, -0.05) is 13.8 Å². The molecule has 5 heteroatoms. The van der Waals surface area contributed by atoms with Gasteiger partial charge in [-0.15, -0.1) is 0 Å². The molecule has 0 aromatic carbocycles. The third-order valence-electron chi connectivity index (χ3n) is 2.48. The number of piperazine rings is 1. The molecule has 1 unspecified atom stereocenters. The Labute approximate surface area is 89.4 Å². The first-order chi connectivity index (χ1) is 6.99. The van der Waals surface area contributed by atoms with E-state index in [1.165, 1.54) is 0 Å². The molecule has 2 N–H and O–H groups in total. The highest BCUT2D eigenvalue weighted by Gasteiger charge is 2.28. The molecule has 1 rings (SSSR count). The fourth-order valence-electron chi connectivity index (χ4n) is 1.87. The molecule has 0 saturated carbocycles. The van der Waals surface area contributed by atoms with Crippen molar-refractivity contribution >= 4 is 11.9 Å². The van der Waals surface area contributed by atoms with Crippen LogP contribution in [0.4, 0.5) is 0 Å². The monoisotopic (exact) mass is 214 g/mol. The Kier molecular flexibility index (Phi) is 4.08. The van der Waals surface area contributed by atoms with Crippen LogP contribution in [0.2, 0.25) is 0 Å². The average Bonchev–Trinajstić information content (AvgIpc) is 2.08. The second-order valence-corrected chi connectivity index (χ2v) is 4.39. The van der Waals surface area contributed by atoms with Gasteiger partial charge in [0.15, 0.2) is 0 Å². The lowest BCUT2D eigenvalue weighted by Crippen LogP contribution is -2.55. The van der Waals surface area contributed by atoms with Gasteiger partial charge in [0.05, 0.1) is 13.1 Å². The lowest BCUT2D eigenvalue weighted by Gasteiger charge is -2.35. The van der Waals surface area contributed by atoms with Crippen molar-refractivity contribution in [2.75, 3.05) is 19.6 Å². The van der Waals surface area contributed by atoms with E-state index in [1.807, 2.05) is 0 Å². The molecule has 1 heterocycles. The van der Waals surface area contributed by atoms with Crippen molar-refractivity contribution in [1.29, 1.82) is 0 Å². The molecule has 1 amide bonds.